The Bertz CT molecular complexity index is 2690. The number of hydrogen-bond acceptors (Lipinski definition) is 0. The van der Waals surface area contributed by atoms with Gasteiger partial charge in [0, 0.05) is 22.4 Å². The van der Waals surface area contributed by atoms with Gasteiger partial charge in [-0.25, -0.2) is 4.39 Å². The molecule has 2 unspecified atom stereocenters. The lowest BCUT2D eigenvalue weighted by atomic mass is 9.68. The van der Waals surface area contributed by atoms with Crippen LogP contribution >= 0.6 is 0 Å². The molecule has 6 aromatic carbocycles. The number of hydrogen-bond donors (Lipinski definition) is 0. The predicted molar refractivity (Wildman–Crippen MR) is 205 cm³/mol. The van der Waals surface area contributed by atoms with Crippen LogP contribution in [0.3, 0.4) is 0 Å². The Morgan fingerprint density at radius 1 is 0.673 bits per heavy atom. The molecule has 10 rings (SSSR count). The van der Waals surface area contributed by atoms with Crippen molar-refractivity contribution in [3.8, 4) is 16.8 Å². The number of halogens is 1. The molecule has 0 saturated heterocycles. The fourth-order valence-electron chi connectivity index (χ4n) is 8.79. The highest BCUT2D eigenvalue weighted by Gasteiger charge is 2.32. The summed E-state index contributed by atoms with van der Waals surface area (Å²) in [6.07, 6.45) is 18.5. The van der Waals surface area contributed by atoms with Crippen LogP contribution < -0.4 is 0 Å². The fraction of sp³-hybridized carbons (Fsp3) is 0.106. The lowest BCUT2D eigenvalue weighted by molar-refractivity contribution is 0.473. The molecule has 0 amide bonds. The number of nitrogens with zero attached hydrogens (tertiary/aromatic N) is 1. The zero-order valence-corrected chi connectivity index (χ0v) is 27.3. The molecule has 0 aliphatic heterocycles. The van der Waals surface area contributed by atoms with Crippen molar-refractivity contribution in [1.29, 1.82) is 0 Å². The minimum absolute atomic E-state index is 0.214. The van der Waals surface area contributed by atoms with Crippen LogP contribution in [0.25, 0.3) is 65.7 Å². The SMILES string of the molecule is Cc1cc(F)ccc1-n1c2ccc(C3=C4C=CCCC4C4C=CC=CC4=C3)cc2c2cc(-c3cc4ccccc4c4ccccc34)ccc21. The standard InChI is InChI=1S/C47H34FN/c1-29-24-34(48)20-23-45(29)49-46-21-18-32(41-25-30-10-2-4-12-35(30)37-14-6-8-16-39(37)41)27-43(46)44-28-33(19-22-47(44)49)42-26-31-11-3-5-13-36(31)38-15-7-9-17-40(38)42/h2-6,8-14,16-28,36,38H,7,15H2,1H3. The van der Waals surface area contributed by atoms with E-state index in [1.54, 1.807) is 12.1 Å². The topological polar surface area (TPSA) is 4.93 Å². The van der Waals surface area contributed by atoms with E-state index in [0.29, 0.717) is 11.8 Å². The highest BCUT2D eigenvalue weighted by molar-refractivity contribution is 6.16. The van der Waals surface area contributed by atoms with Gasteiger partial charge >= 0.3 is 0 Å². The number of aryl methyl sites for hydroxylation is 1. The first-order chi connectivity index (χ1) is 24.1. The van der Waals surface area contributed by atoms with Gasteiger partial charge in [-0.2, -0.15) is 0 Å². The lowest BCUT2D eigenvalue weighted by Crippen LogP contribution is -2.23. The molecule has 1 aromatic heterocycles. The van der Waals surface area contributed by atoms with Gasteiger partial charge in [-0.3, -0.25) is 0 Å². The Labute approximate surface area is 285 Å². The van der Waals surface area contributed by atoms with Crippen molar-refractivity contribution in [2.24, 2.45) is 11.8 Å². The molecular formula is C47H34FN. The van der Waals surface area contributed by atoms with E-state index >= 15 is 0 Å². The van der Waals surface area contributed by atoms with E-state index in [4.69, 9.17) is 0 Å². The third-order valence-electron chi connectivity index (χ3n) is 11.1. The third kappa shape index (κ3) is 4.37. The maximum atomic E-state index is 14.4. The van der Waals surface area contributed by atoms with Crippen LogP contribution in [-0.2, 0) is 0 Å². The summed E-state index contributed by atoms with van der Waals surface area (Å²) in [5.41, 5.74) is 12.0. The summed E-state index contributed by atoms with van der Waals surface area (Å²) in [6.45, 7) is 2.00. The first-order valence-electron chi connectivity index (χ1n) is 17.4. The first-order valence-corrected chi connectivity index (χ1v) is 17.4. The Balaban J connectivity index is 1.25. The summed E-state index contributed by atoms with van der Waals surface area (Å²) in [5.74, 6) is 0.724. The number of rotatable bonds is 3. The van der Waals surface area contributed by atoms with E-state index < -0.39 is 0 Å². The molecule has 1 nitrogen and oxygen atoms in total. The molecule has 49 heavy (non-hydrogen) atoms. The Hall–Kier alpha value is -5.73. The monoisotopic (exact) mass is 631 g/mol. The molecule has 7 aromatic rings. The van der Waals surface area contributed by atoms with Crippen LogP contribution in [-0.4, -0.2) is 4.57 Å². The highest BCUT2D eigenvalue weighted by Crippen LogP contribution is 2.47. The normalized spacial score (nSPS) is 18.4. The van der Waals surface area contributed by atoms with Crippen LogP contribution in [0.5, 0.6) is 0 Å². The summed E-state index contributed by atoms with van der Waals surface area (Å²) < 4.78 is 16.7. The van der Waals surface area contributed by atoms with Crippen molar-refractivity contribution in [2.75, 3.05) is 0 Å². The molecule has 3 aliphatic carbocycles. The molecule has 2 atom stereocenters. The highest BCUT2D eigenvalue weighted by atomic mass is 19.1. The molecule has 3 aliphatic rings. The van der Waals surface area contributed by atoms with Crippen molar-refractivity contribution < 1.29 is 4.39 Å². The third-order valence-corrected chi connectivity index (χ3v) is 11.1. The van der Waals surface area contributed by atoms with Gasteiger partial charge in [0.1, 0.15) is 5.82 Å². The quantitative estimate of drug-likeness (QED) is 0.171. The molecule has 0 saturated carbocycles. The zero-order valence-electron chi connectivity index (χ0n) is 27.3. The second-order valence-electron chi connectivity index (χ2n) is 13.8. The molecular weight excluding hydrogens is 598 g/mol. The van der Waals surface area contributed by atoms with Crippen molar-refractivity contribution in [3.63, 3.8) is 0 Å². The van der Waals surface area contributed by atoms with Gasteiger partial charge in [-0.05, 0) is 135 Å². The second kappa shape index (κ2) is 10.9. The van der Waals surface area contributed by atoms with Crippen LogP contribution in [0, 0.1) is 24.6 Å². The first kappa shape index (κ1) is 28.3. The maximum absolute atomic E-state index is 14.4. The van der Waals surface area contributed by atoms with E-state index in [1.807, 2.05) is 13.0 Å². The Kier molecular flexibility index (Phi) is 6.29. The number of allylic oxidation sites excluding steroid dienone is 10. The zero-order chi connectivity index (χ0) is 32.6. The Morgan fingerprint density at radius 3 is 2.27 bits per heavy atom. The molecule has 0 bridgehead atoms. The largest absolute Gasteiger partial charge is 0.309 e. The fourth-order valence-corrected chi connectivity index (χ4v) is 8.79. The molecule has 234 valence electrons. The van der Waals surface area contributed by atoms with Gasteiger partial charge in [0.25, 0.3) is 0 Å². The Morgan fingerprint density at radius 2 is 1.43 bits per heavy atom. The average Bonchev–Trinajstić information content (AvgIpc) is 3.47. The molecule has 2 heteroatoms. The van der Waals surface area contributed by atoms with E-state index in [2.05, 4.69) is 138 Å². The molecule has 0 N–H and O–H groups in total. The molecule has 0 fully saturated rings. The van der Waals surface area contributed by atoms with Crippen LogP contribution in [0.15, 0.2) is 163 Å². The van der Waals surface area contributed by atoms with E-state index in [1.165, 1.54) is 72.1 Å². The number of benzene rings is 6. The summed E-state index contributed by atoms with van der Waals surface area (Å²) >= 11 is 0. The van der Waals surface area contributed by atoms with Crippen molar-refractivity contribution in [1.82, 2.24) is 4.57 Å². The second-order valence-corrected chi connectivity index (χ2v) is 13.8. The van der Waals surface area contributed by atoms with E-state index in [9.17, 15) is 4.39 Å². The predicted octanol–water partition coefficient (Wildman–Crippen LogP) is 12.6. The lowest BCUT2D eigenvalue weighted by Gasteiger charge is -2.35. The molecule has 0 spiro atoms. The summed E-state index contributed by atoms with van der Waals surface area (Å²) in [6, 6.07) is 38.7. The van der Waals surface area contributed by atoms with Gasteiger partial charge in [0.15, 0.2) is 0 Å². The van der Waals surface area contributed by atoms with E-state index in [0.717, 1.165) is 28.7 Å². The molecule has 1 heterocycles. The van der Waals surface area contributed by atoms with Gasteiger partial charge in [0.2, 0.25) is 0 Å². The maximum Gasteiger partial charge on any atom is 0.123 e. The van der Waals surface area contributed by atoms with E-state index in [-0.39, 0.29) is 5.82 Å². The average molecular weight is 632 g/mol. The van der Waals surface area contributed by atoms with Crippen LogP contribution in [0.4, 0.5) is 4.39 Å². The minimum atomic E-state index is -0.214. The summed E-state index contributed by atoms with van der Waals surface area (Å²) in [4.78, 5) is 0. The van der Waals surface area contributed by atoms with Crippen molar-refractivity contribution in [2.45, 2.75) is 19.8 Å². The summed E-state index contributed by atoms with van der Waals surface area (Å²) in [7, 11) is 0. The smallest absolute Gasteiger partial charge is 0.123 e. The number of fused-ring (bicyclic) bond motifs is 9. The minimum Gasteiger partial charge on any atom is -0.309 e. The van der Waals surface area contributed by atoms with Gasteiger partial charge in [0.05, 0.1) is 11.0 Å². The van der Waals surface area contributed by atoms with Gasteiger partial charge in [-0.15, -0.1) is 0 Å². The van der Waals surface area contributed by atoms with Crippen molar-refractivity contribution in [3.05, 3.63) is 180 Å². The molecule has 0 radical (unpaired) electrons. The van der Waals surface area contributed by atoms with Crippen molar-refractivity contribution >= 4 is 48.9 Å². The van der Waals surface area contributed by atoms with Gasteiger partial charge < -0.3 is 4.57 Å². The number of aromatic nitrogens is 1. The van der Waals surface area contributed by atoms with Crippen LogP contribution in [0.2, 0.25) is 0 Å². The van der Waals surface area contributed by atoms with Gasteiger partial charge in [-0.1, -0.05) is 103 Å². The summed E-state index contributed by atoms with van der Waals surface area (Å²) in [5, 5.41) is 7.42. The van der Waals surface area contributed by atoms with Crippen LogP contribution in [0.1, 0.15) is 24.0 Å².